The third-order valence-corrected chi connectivity index (χ3v) is 3.47. The predicted octanol–water partition coefficient (Wildman–Crippen LogP) is 2.78. The van der Waals surface area contributed by atoms with Gasteiger partial charge in [0.15, 0.2) is 5.58 Å². The van der Waals surface area contributed by atoms with Crippen LogP contribution in [0.3, 0.4) is 0 Å². The van der Waals surface area contributed by atoms with Crippen LogP contribution in [0.4, 0.5) is 11.7 Å². The summed E-state index contributed by atoms with van der Waals surface area (Å²) < 4.78 is 11.4. The van der Waals surface area contributed by atoms with E-state index in [1.807, 2.05) is 18.2 Å². The van der Waals surface area contributed by atoms with Crippen LogP contribution in [-0.4, -0.2) is 23.2 Å². The lowest BCUT2D eigenvalue weighted by atomic mass is 9.94. The number of oxazole rings is 1. The lowest BCUT2D eigenvalue weighted by Crippen LogP contribution is -2.40. The number of nitrogen functional groups attached to an aromatic ring is 1. The number of anilines is 2. The number of nitrogens with one attached hydrogen (secondary N) is 1. The number of nitrogens with zero attached hydrogens (tertiary/aromatic N) is 1. The molecule has 0 radical (unpaired) electrons. The molecule has 2 heterocycles. The van der Waals surface area contributed by atoms with Gasteiger partial charge in [0.1, 0.15) is 5.52 Å². The average molecular weight is 261 g/mol. The smallest absolute Gasteiger partial charge is 0.295 e. The van der Waals surface area contributed by atoms with E-state index >= 15 is 0 Å². The zero-order valence-electron chi connectivity index (χ0n) is 11.3. The third kappa shape index (κ3) is 2.51. The van der Waals surface area contributed by atoms with E-state index in [0.717, 1.165) is 25.0 Å². The molecule has 3 N–H and O–H groups in total. The molecular formula is C14H19N3O2. The van der Waals surface area contributed by atoms with E-state index in [9.17, 15) is 0 Å². The number of hydrogen-bond acceptors (Lipinski definition) is 5. The molecule has 0 aliphatic carbocycles. The number of hydrogen-bond donors (Lipinski definition) is 2. The minimum absolute atomic E-state index is 0.0963. The Morgan fingerprint density at radius 3 is 3.00 bits per heavy atom. The van der Waals surface area contributed by atoms with E-state index in [4.69, 9.17) is 14.9 Å². The summed E-state index contributed by atoms with van der Waals surface area (Å²) >= 11 is 0. The third-order valence-electron chi connectivity index (χ3n) is 3.47. The Kier molecular flexibility index (Phi) is 2.86. The van der Waals surface area contributed by atoms with Crippen LogP contribution in [0.15, 0.2) is 22.6 Å². The molecule has 102 valence electrons. The molecule has 19 heavy (non-hydrogen) atoms. The van der Waals surface area contributed by atoms with Gasteiger partial charge in [-0.15, -0.1) is 0 Å². The molecule has 1 aliphatic heterocycles. The summed E-state index contributed by atoms with van der Waals surface area (Å²) in [5, 5.41) is 3.34. The molecule has 1 aromatic carbocycles. The van der Waals surface area contributed by atoms with Crippen molar-refractivity contribution in [3.05, 3.63) is 18.2 Å². The summed E-state index contributed by atoms with van der Waals surface area (Å²) in [4.78, 5) is 4.41. The Hall–Kier alpha value is -1.75. The molecule has 2 aromatic rings. The van der Waals surface area contributed by atoms with E-state index in [0.29, 0.717) is 23.3 Å². The first kappa shape index (κ1) is 12.3. The maximum absolute atomic E-state index is 5.88. The van der Waals surface area contributed by atoms with Gasteiger partial charge in [-0.1, -0.05) is 6.07 Å². The van der Waals surface area contributed by atoms with Crippen LogP contribution in [0.1, 0.15) is 26.7 Å². The first-order valence-corrected chi connectivity index (χ1v) is 6.59. The van der Waals surface area contributed by atoms with Gasteiger partial charge >= 0.3 is 0 Å². The van der Waals surface area contributed by atoms with Crippen LogP contribution >= 0.6 is 0 Å². The molecule has 0 bridgehead atoms. The van der Waals surface area contributed by atoms with Crippen molar-refractivity contribution in [3.8, 4) is 0 Å². The molecule has 1 saturated heterocycles. The average Bonchev–Trinajstić information content (AvgIpc) is 2.71. The van der Waals surface area contributed by atoms with Gasteiger partial charge in [0, 0.05) is 12.6 Å². The van der Waals surface area contributed by atoms with Crippen LogP contribution in [0.25, 0.3) is 11.1 Å². The van der Waals surface area contributed by atoms with Crippen molar-refractivity contribution in [2.45, 2.75) is 38.3 Å². The van der Waals surface area contributed by atoms with E-state index in [-0.39, 0.29) is 5.60 Å². The van der Waals surface area contributed by atoms with Crippen molar-refractivity contribution >= 4 is 22.8 Å². The minimum Gasteiger partial charge on any atom is -0.423 e. The molecule has 1 unspecified atom stereocenters. The lowest BCUT2D eigenvalue weighted by molar-refractivity contribution is -0.0555. The Morgan fingerprint density at radius 1 is 1.42 bits per heavy atom. The van der Waals surface area contributed by atoms with Crippen molar-refractivity contribution in [2.24, 2.45) is 0 Å². The standard InChI is InChI=1S/C14H19N3O2/c1-14(2)8-9(6-7-18-14)16-13-17-12-10(15)4-3-5-11(12)19-13/h3-5,9H,6-8,15H2,1-2H3,(H,16,17). The summed E-state index contributed by atoms with van der Waals surface area (Å²) in [6, 6.07) is 6.42. The van der Waals surface area contributed by atoms with Crippen molar-refractivity contribution in [1.82, 2.24) is 4.98 Å². The number of ether oxygens (including phenoxy) is 1. The summed E-state index contributed by atoms with van der Waals surface area (Å²) in [6.45, 7) is 4.96. The molecule has 5 nitrogen and oxygen atoms in total. The number of fused-ring (bicyclic) bond motifs is 1. The SMILES string of the molecule is CC1(C)CC(Nc2nc3c(N)cccc3o2)CCO1. The Labute approximate surface area is 112 Å². The quantitative estimate of drug-likeness (QED) is 0.813. The van der Waals surface area contributed by atoms with Crippen molar-refractivity contribution in [3.63, 3.8) is 0 Å². The van der Waals surface area contributed by atoms with E-state index in [2.05, 4.69) is 24.1 Å². The zero-order valence-corrected chi connectivity index (χ0v) is 11.3. The maximum atomic E-state index is 5.88. The monoisotopic (exact) mass is 261 g/mol. The first-order chi connectivity index (χ1) is 9.03. The van der Waals surface area contributed by atoms with Gasteiger partial charge in [0.05, 0.1) is 11.3 Å². The molecule has 0 amide bonds. The Bertz CT molecular complexity index is 591. The normalized spacial score (nSPS) is 22.5. The molecular weight excluding hydrogens is 242 g/mol. The summed E-state index contributed by atoms with van der Waals surface area (Å²) in [7, 11) is 0. The Morgan fingerprint density at radius 2 is 2.26 bits per heavy atom. The molecule has 0 saturated carbocycles. The molecule has 1 atom stereocenters. The number of benzene rings is 1. The molecule has 1 fully saturated rings. The van der Waals surface area contributed by atoms with Crippen LogP contribution in [-0.2, 0) is 4.74 Å². The topological polar surface area (TPSA) is 73.3 Å². The van der Waals surface area contributed by atoms with Gasteiger partial charge in [0.2, 0.25) is 0 Å². The minimum atomic E-state index is -0.0963. The molecule has 1 aliphatic rings. The molecule has 5 heteroatoms. The highest BCUT2D eigenvalue weighted by Crippen LogP contribution is 2.28. The van der Waals surface area contributed by atoms with Crippen LogP contribution in [0.5, 0.6) is 0 Å². The fourth-order valence-corrected chi connectivity index (χ4v) is 2.56. The maximum Gasteiger partial charge on any atom is 0.295 e. The molecule has 1 aromatic heterocycles. The van der Waals surface area contributed by atoms with Crippen molar-refractivity contribution < 1.29 is 9.15 Å². The van der Waals surface area contributed by atoms with E-state index < -0.39 is 0 Å². The zero-order chi connectivity index (χ0) is 13.5. The number of aromatic nitrogens is 1. The van der Waals surface area contributed by atoms with Gasteiger partial charge in [-0.2, -0.15) is 4.98 Å². The lowest BCUT2D eigenvalue weighted by Gasteiger charge is -2.35. The van der Waals surface area contributed by atoms with E-state index in [1.165, 1.54) is 0 Å². The second-order valence-corrected chi connectivity index (χ2v) is 5.66. The van der Waals surface area contributed by atoms with Gasteiger partial charge in [0.25, 0.3) is 6.01 Å². The van der Waals surface area contributed by atoms with Gasteiger partial charge in [-0.05, 0) is 38.8 Å². The molecule has 0 spiro atoms. The second kappa shape index (κ2) is 4.42. The fraction of sp³-hybridized carbons (Fsp3) is 0.500. The summed E-state index contributed by atoms with van der Waals surface area (Å²) in [5.74, 6) is 0. The van der Waals surface area contributed by atoms with Crippen molar-refractivity contribution in [1.29, 1.82) is 0 Å². The van der Waals surface area contributed by atoms with Crippen LogP contribution in [0.2, 0.25) is 0 Å². The summed E-state index contributed by atoms with van der Waals surface area (Å²) in [6.07, 6.45) is 1.89. The highest BCUT2D eigenvalue weighted by molar-refractivity contribution is 5.86. The van der Waals surface area contributed by atoms with Crippen LogP contribution < -0.4 is 11.1 Å². The highest BCUT2D eigenvalue weighted by atomic mass is 16.5. The number of rotatable bonds is 2. The predicted molar refractivity (Wildman–Crippen MR) is 75.1 cm³/mol. The van der Waals surface area contributed by atoms with E-state index in [1.54, 1.807) is 0 Å². The molecule has 3 rings (SSSR count). The Balaban J connectivity index is 1.80. The largest absolute Gasteiger partial charge is 0.423 e. The number of para-hydroxylation sites is 1. The first-order valence-electron chi connectivity index (χ1n) is 6.59. The fourth-order valence-electron chi connectivity index (χ4n) is 2.56. The van der Waals surface area contributed by atoms with Crippen molar-refractivity contribution in [2.75, 3.05) is 17.7 Å². The van der Waals surface area contributed by atoms with Gasteiger partial charge in [-0.25, -0.2) is 0 Å². The van der Waals surface area contributed by atoms with Crippen LogP contribution in [0, 0.1) is 0 Å². The van der Waals surface area contributed by atoms with Gasteiger partial charge < -0.3 is 20.2 Å². The highest BCUT2D eigenvalue weighted by Gasteiger charge is 2.29. The second-order valence-electron chi connectivity index (χ2n) is 5.66. The van der Waals surface area contributed by atoms with Gasteiger partial charge in [-0.3, -0.25) is 0 Å². The number of nitrogens with two attached hydrogens (primary N) is 1. The summed E-state index contributed by atoms with van der Waals surface area (Å²) in [5.41, 5.74) is 7.85.